The van der Waals surface area contributed by atoms with Crippen LogP contribution >= 0.6 is 11.3 Å². The topological polar surface area (TPSA) is 70.4 Å². The highest BCUT2D eigenvalue weighted by Crippen LogP contribution is 2.33. The number of benzene rings is 1. The Labute approximate surface area is 173 Å². The van der Waals surface area contributed by atoms with Crippen molar-refractivity contribution in [2.75, 3.05) is 13.2 Å². The molecule has 2 aromatic heterocycles. The van der Waals surface area contributed by atoms with E-state index < -0.39 is 0 Å². The van der Waals surface area contributed by atoms with Gasteiger partial charge < -0.3 is 9.47 Å². The number of hydrogen-bond donors (Lipinski definition) is 0. The Hall–Kier alpha value is -2.67. The predicted molar refractivity (Wildman–Crippen MR) is 113 cm³/mol. The second-order valence-electron chi connectivity index (χ2n) is 7.22. The molecule has 0 unspecified atom stereocenters. The zero-order valence-corrected chi connectivity index (χ0v) is 17.3. The molecule has 1 aromatic carbocycles. The molecule has 0 amide bonds. The van der Waals surface area contributed by atoms with Crippen molar-refractivity contribution in [2.24, 2.45) is 0 Å². The number of ether oxygens (including phenoxy) is 2. The summed E-state index contributed by atoms with van der Waals surface area (Å²) in [5.74, 6) is 0.436. The molecule has 2 heterocycles. The second kappa shape index (κ2) is 8.78. The molecule has 7 heteroatoms. The van der Waals surface area contributed by atoms with Crippen LogP contribution in [0.25, 0.3) is 10.2 Å². The molecule has 0 saturated heterocycles. The molecule has 1 aliphatic rings. The number of aromatic nitrogens is 2. The van der Waals surface area contributed by atoms with Crippen LogP contribution in [0.3, 0.4) is 0 Å². The highest BCUT2D eigenvalue weighted by Gasteiger charge is 2.20. The number of para-hydroxylation sites is 1. The van der Waals surface area contributed by atoms with Crippen molar-refractivity contribution >= 4 is 27.5 Å². The van der Waals surface area contributed by atoms with Crippen LogP contribution in [0.2, 0.25) is 0 Å². The number of aryl methyl sites for hydroxylation is 4. The first kappa shape index (κ1) is 19.6. The Kier molecular flexibility index (Phi) is 5.94. The second-order valence-corrected chi connectivity index (χ2v) is 8.30. The average molecular weight is 413 g/mol. The molecule has 0 atom stereocenters. The minimum absolute atomic E-state index is 0.0508. The molecule has 1 aliphatic carbocycles. The summed E-state index contributed by atoms with van der Waals surface area (Å²) >= 11 is 1.63. The largest absolute Gasteiger partial charge is 0.490 e. The molecule has 29 heavy (non-hydrogen) atoms. The lowest BCUT2D eigenvalue weighted by Gasteiger charge is -2.11. The molecule has 0 bridgehead atoms. The SMILES string of the molecule is Cc1ccccc1OCCOC(=O)CCn1cnc2sc3c(c2c1=O)CCCC3. The summed E-state index contributed by atoms with van der Waals surface area (Å²) in [7, 11) is 0. The van der Waals surface area contributed by atoms with Gasteiger partial charge in [0.1, 0.15) is 23.8 Å². The van der Waals surface area contributed by atoms with Gasteiger partial charge in [-0.25, -0.2) is 4.98 Å². The predicted octanol–water partition coefficient (Wildman–Crippen LogP) is 3.66. The summed E-state index contributed by atoms with van der Waals surface area (Å²) in [6, 6.07) is 7.70. The first-order valence-electron chi connectivity index (χ1n) is 9.97. The van der Waals surface area contributed by atoms with E-state index in [1.165, 1.54) is 21.4 Å². The van der Waals surface area contributed by atoms with Gasteiger partial charge in [0.15, 0.2) is 0 Å². The average Bonchev–Trinajstić information content (AvgIpc) is 3.11. The number of thiophene rings is 1. The van der Waals surface area contributed by atoms with Gasteiger partial charge >= 0.3 is 5.97 Å². The number of fused-ring (bicyclic) bond motifs is 3. The van der Waals surface area contributed by atoms with E-state index in [1.54, 1.807) is 17.7 Å². The maximum Gasteiger partial charge on any atom is 0.307 e. The van der Waals surface area contributed by atoms with Crippen molar-refractivity contribution in [3.8, 4) is 5.75 Å². The van der Waals surface area contributed by atoms with E-state index >= 15 is 0 Å². The number of carbonyl (C=O) groups excluding carboxylic acids is 1. The van der Waals surface area contributed by atoms with Crippen LogP contribution in [0, 0.1) is 6.92 Å². The fourth-order valence-electron chi connectivity index (χ4n) is 3.65. The summed E-state index contributed by atoms with van der Waals surface area (Å²) in [6.07, 6.45) is 5.94. The van der Waals surface area contributed by atoms with Crippen LogP contribution in [0.4, 0.5) is 0 Å². The number of carbonyl (C=O) groups is 1. The van der Waals surface area contributed by atoms with Crippen LogP contribution < -0.4 is 10.3 Å². The molecule has 0 radical (unpaired) electrons. The summed E-state index contributed by atoms with van der Waals surface area (Å²) in [5.41, 5.74) is 2.15. The van der Waals surface area contributed by atoms with Crippen LogP contribution in [-0.4, -0.2) is 28.7 Å². The number of nitrogens with zero attached hydrogens (tertiary/aromatic N) is 2. The maximum absolute atomic E-state index is 12.9. The van der Waals surface area contributed by atoms with Gasteiger partial charge in [-0.3, -0.25) is 14.2 Å². The van der Waals surface area contributed by atoms with Crippen LogP contribution in [0.1, 0.15) is 35.3 Å². The zero-order chi connectivity index (χ0) is 20.2. The first-order valence-corrected chi connectivity index (χ1v) is 10.8. The molecule has 0 N–H and O–H groups in total. The van der Waals surface area contributed by atoms with Crippen LogP contribution in [0.15, 0.2) is 35.4 Å². The summed E-state index contributed by atoms with van der Waals surface area (Å²) < 4.78 is 12.4. The molecule has 6 nitrogen and oxygen atoms in total. The Morgan fingerprint density at radius 3 is 2.90 bits per heavy atom. The molecule has 152 valence electrons. The third-order valence-corrected chi connectivity index (χ3v) is 6.40. The van der Waals surface area contributed by atoms with Crippen LogP contribution in [-0.2, 0) is 28.9 Å². The van der Waals surface area contributed by atoms with E-state index in [2.05, 4.69) is 4.98 Å². The lowest BCUT2D eigenvalue weighted by atomic mass is 9.97. The third kappa shape index (κ3) is 4.34. The quantitative estimate of drug-likeness (QED) is 0.438. The zero-order valence-electron chi connectivity index (χ0n) is 16.5. The van der Waals surface area contributed by atoms with E-state index in [1.807, 2.05) is 31.2 Å². The van der Waals surface area contributed by atoms with Gasteiger partial charge in [0.2, 0.25) is 0 Å². The monoisotopic (exact) mass is 412 g/mol. The minimum Gasteiger partial charge on any atom is -0.490 e. The normalized spacial score (nSPS) is 13.3. The number of hydrogen-bond acceptors (Lipinski definition) is 6. The Bertz CT molecular complexity index is 1090. The van der Waals surface area contributed by atoms with Crippen molar-refractivity contribution in [1.29, 1.82) is 0 Å². The van der Waals surface area contributed by atoms with Gasteiger partial charge in [0.25, 0.3) is 5.56 Å². The van der Waals surface area contributed by atoms with Crippen molar-refractivity contribution in [2.45, 2.75) is 45.6 Å². The third-order valence-electron chi connectivity index (χ3n) is 5.20. The van der Waals surface area contributed by atoms with E-state index in [4.69, 9.17) is 9.47 Å². The molecular weight excluding hydrogens is 388 g/mol. The smallest absolute Gasteiger partial charge is 0.307 e. The van der Waals surface area contributed by atoms with Crippen molar-refractivity contribution in [3.05, 3.63) is 57.0 Å². The highest BCUT2D eigenvalue weighted by molar-refractivity contribution is 7.18. The van der Waals surface area contributed by atoms with Gasteiger partial charge in [-0.05, 0) is 49.8 Å². The minimum atomic E-state index is -0.349. The van der Waals surface area contributed by atoms with Crippen molar-refractivity contribution in [3.63, 3.8) is 0 Å². The molecular formula is C22H24N2O4S. The Morgan fingerprint density at radius 1 is 1.21 bits per heavy atom. The molecule has 4 rings (SSSR count). The van der Waals surface area contributed by atoms with Gasteiger partial charge in [-0.15, -0.1) is 11.3 Å². The molecule has 0 aliphatic heterocycles. The standard InChI is InChI=1S/C22H24N2O4S/c1-15-6-2-4-8-17(15)27-12-13-28-19(25)10-11-24-14-23-21-20(22(24)26)16-7-3-5-9-18(16)29-21/h2,4,6,8,14H,3,5,7,9-13H2,1H3. The van der Waals surface area contributed by atoms with Gasteiger partial charge in [0, 0.05) is 11.4 Å². The van der Waals surface area contributed by atoms with Gasteiger partial charge in [-0.1, -0.05) is 18.2 Å². The molecule has 0 saturated carbocycles. The fraction of sp³-hybridized carbons (Fsp3) is 0.409. The van der Waals surface area contributed by atoms with E-state index in [0.29, 0.717) is 6.61 Å². The van der Waals surface area contributed by atoms with E-state index in [9.17, 15) is 9.59 Å². The summed E-state index contributed by atoms with van der Waals surface area (Å²) in [5, 5.41) is 0.743. The van der Waals surface area contributed by atoms with Crippen molar-refractivity contribution in [1.82, 2.24) is 9.55 Å². The summed E-state index contributed by atoms with van der Waals surface area (Å²) in [6.45, 7) is 2.71. The number of rotatable bonds is 7. The molecule has 0 spiro atoms. The summed E-state index contributed by atoms with van der Waals surface area (Å²) in [4.78, 5) is 31.5. The highest BCUT2D eigenvalue weighted by atomic mass is 32.1. The van der Waals surface area contributed by atoms with E-state index in [0.717, 1.165) is 40.8 Å². The van der Waals surface area contributed by atoms with Crippen LogP contribution in [0.5, 0.6) is 5.75 Å². The fourth-order valence-corrected chi connectivity index (χ4v) is 4.87. The maximum atomic E-state index is 12.9. The van der Waals surface area contributed by atoms with Crippen molar-refractivity contribution < 1.29 is 14.3 Å². The first-order chi connectivity index (χ1) is 14.1. The Balaban J connectivity index is 1.31. The molecule has 0 fully saturated rings. The Morgan fingerprint density at radius 2 is 2.03 bits per heavy atom. The van der Waals surface area contributed by atoms with E-state index in [-0.39, 0.29) is 31.1 Å². The molecule has 3 aromatic rings. The number of esters is 1. The van der Waals surface area contributed by atoms with Gasteiger partial charge in [0.05, 0.1) is 18.1 Å². The lowest BCUT2D eigenvalue weighted by Crippen LogP contribution is -2.23. The van der Waals surface area contributed by atoms with Gasteiger partial charge in [-0.2, -0.15) is 0 Å². The lowest BCUT2D eigenvalue weighted by molar-refractivity contribution is -0.144.